The van der Waals surface area contributed by atoms with E-state index in [2.05, 4.69) is 4.74 Å². The largest absolute Gasteiger partial charge is 0.450 e. The van der Waals surface area contributed by atoms with Gasteiger partial charge in [-0.15, -0.1) is 0 Å². The lowest BCUT2D eigenvalue weighted by molar-refractivity contribution is -0.312. The summed E-state index contributed by atoms with van der Waals surface area (Å²) in [5.41, 5.74) is 4.76. The molecule has 0 rings (SSSR count). The first-order valence-electron chi connectivity index (χ1n) is 2.48. The van der Waals surface area contributed by atoms with Crippen molar-refractivity contribution in [3.63, 3.8) is 0 Å². The molecule has 11 heavy (non-hydrogen) atoms. The molecule has 7 heteroatoms. The Morgan fingerprint density at radius 2 is 1.91 bits per heavy atom. The number of rotatable bonds is 3. The van der Waals surface area contributed by atoms with Crippen molar-refractivity contribution in [1.82, 2.24) is 0 Å². The van der Waals surface area contributed by atoms with E-state index in [0.717, 1.165) is 0 Å². The van der Waals surface area contributed by atoms with Crippen LogP contribution in [0.2, 0.25) is 0 Å². The fraction of sp³-hybridized carbons (Fsp3) is 0.750. The Morgan fingerprint density at radius 3 is 2.18 bits per heavy atom. The molecule has 0 unspecified atom stereocenters. The van der Waals surface area contributed by atoms with E-state index < -0.39 is 18.4 Å². The summed E-state index contributed by atoms with van der Waals surface area (Å²) in [5, 5.41) is 24.6. The lowest BCUT2D eigenvalue weighted by Crippen LogP contribution is -2.31. The second-order valence-electron chi connectivity index (χ2n) is 1.63. The fourth-order valence-corrected chi connectivity index (χ4v) is 0.338. The van der Waals surface area contributed by atoms with Crippen molar-refractivity contribution in [1.29, 1.82) is 0 Å². The zero-order valence-electron chi connectivity index (χ0n) is 5.15. The molecule has 0 aliphatic rings. The van der Waals surface area contributed by atoms with Crippen molar-refractivity contribution in [3.8, 4) is 0 Å². The minimum atomic E-state index is -3.01. The van der Waals surface area contributed by atoms with Crippen LogP contribution in [-0.4, -0.2) is 57.0 Å². The van der Waals surface area contributed by atoms with E-state index in [1.54, 1.807) is 0 Å². The number of hydrogen-bond acceptors (Lipinski definition) is 6. The summed E-state index contributed by atoms with van der Waals surface area (Å²) in [7, 11) is 0. The van der Waals surface area contributed by atoms with Crippen LogP contribution in [0.3, 0.4) is 0 Å². The van der Waals surface area contributed by atoms with Crippen molar-refractivity contribution in [2.45, 2.75) is 12.4 Å². The van der Waals surface area contributed by atoms with Gasteiger partial charge in [-0.1, -0.05) is 0 Å². The molecule has 0 fully saturated rings. The van der Waals surface area contributed by atoms with E-state index in [0.29, 0.717) is 0 Å². The molecule has 0 spiro atoms. The summed E-state index contributed by atoms with van der Waals surface area (Å²) >= 11 is 0. The van der Waals surface area contributed by atoms with Gasteiger partial charge in [0.2, 0.25) is 0 Å². The maximum atomic E-state index is 10.3. The van der Waals surface area contributed by atoms with Crippen molar-refractivity contribution < 1.29 is 24.9 Å². The first-order chi connectivity index (χ1) is 4.45. The van der Waals surface area contributed by atoms with E-state index >= 15 is 0 Å². The number of carbonyl (C=O) groups is 1. The molecule has 0 atom stereocenters. The third-order valence-electron chi connectivity index (χ3n) is 0.626. The van der Waals surface area contributed by atoms with Gasteiger partial charge in [0.1, 0.15) is 13.2 Å². The molecule has 0 aromatic heterocycles. The highest BCUT2D eigenvalue weighted by Crippen LogP contribution is 2.00. The van der Waals surface area contributed by atoms with Crippen molar-refractivity contribution in [2.24, 2.45) is 5.73 Å². The van der Waals surface area contributed by atoms with Crippen molar-refractivity contribution in [3.05, 3.63) is 0 Å². The maximum Gasteiger partial charge on any atom is 0.316 e. The summed E-state index contributed by atoms with van der Waals surface area (Å²) < 4.78 is 4.08. The molecule has 0 saturated carbocycles. The smallest absolute Gasteiger partial charge is 0.316 e. The fourth-order valence-electron chi connectivity index (χ4n) is 0.338. The Kier molecular flexibility index (Phi) is 7.06. The van der Waals surface area contributed by atoms with Crippen LogP contribution in [0, 0.1) is 0 Å². The van der Waals surface area contributed by atoms with Crippen LogP contribution >= 0.6 is 0 Å². The lowest BCUT2D eigenvalue weighted by Gasteiger charge is -2.11. The van der Waals surface area contributed by atoms with Crippen molar-refractivity contribution in [2.75, 3.05) is 6.73 Å². The highest BCUT2D eigenvalue weighted by atomic mass is 24.3. The molecule has 64 valence electrons. The Labute approximate surface area is 79.1 Å². The average molecular weight is 177 g/mol. The Balaban J connectivity index is 0. The van der Waals surface area contributed by atoms with Gasteiger partial charge in [-0.2, -0.15) is 0 Å². The molecule has 0 radical (unpaired) electrons. The predicted molar refractivity (Wildman–Crippen MR) is 37.7 cm³/mol. The van der Waals surface area contributed by atoms with Gasteiger partial charge in [-0.3, -0.25) is 10.5 Å². The monoisotopic (exact) mass is 177 g/mol. The number of esters is 1. The van der Waals surface area contributed by atoms with Gasteiger partial charge in [-0.25, -0.2) is 0 Å². The number of carbonyl (C=O) groups excluding carboxylic acids is 1. The first kappa shape index (κ1) is 13.7. The number of aliphatic hydroxyl groups is 3. The molecule has 5 N–H and O–H groups in total. The lowest BCUT2D eigenvalue weighted by atomic mass is 10.4. The molecular weight excluding hydrogens is 166 g/mol. The van der Waals surface area contributed by atoms with Gasteiger partial charge in [0.15, 0.2) is 0 Å². The molecule has 0 saturated heterocycles. The molecule has 0 aliphatic carbocycles. The van der Waals surface area contributed by atoms with E-state index in [4.69, 9.17) is 21.1 Å². The Morgan fingerprint density at radius 1 is 1.45 bits per heavy atom. The summed E-state index contributed by atoms with van der Waals surface area (Å²) in [6.45, 7) is -0.352. The quantitative estimate of drug-likeness (QED) is 0.203. The second kappa shape index (κ2) is 5.69. The van der Waals surface area contributed by atoms with Gasteiger partial charge >= 0.3 is 29.0 Å². The van der Waals surface area contributed by atoms with Crippen LogP contribution in [0.15, 0.2) is 0 Å². The first-order valence-corrected chi connectivity index (χ1v) is 2.48. The SMILES string of the molecule is NCOC(=O)CC(O)(O)O.[MgH2]. The van der Waals surface area contributed by atoms with E-state index in [-0.39, 0.29) is 29.8 Å². The predicted octanol–water partition coefficient (Wildman–Crippen LogP) is -3.45. The number of ether oxygens (including phenoxy) is 1. The molecule has 0 heterocycles. The minimum Gasteiger partial charge on any atom is -0.450 e. The zero-order valence-corrected chi connectivity index (χ0v) is 5.15. The minimum absolute atomic E-state index is 0. The zero-order chi connectivity index (χ0) is 8.20. The van der Waals surface area contributed by atoms with Gasteiger partial charge < -0.3 is 20.1 Å². The molecule has 0 aliphatic heterocycles. The van der Waals surface area contributed by atoms with Crippen LogP contribution in [0.25, 0.3) is 0 Å². The van der Waals surface area contributed by atoms with Crippen LogP contribution in [0.1, 0.15) is 6.42 Å². The second-order valence-corrected chi connectivity index (χ2v) is 1.63. The molecule has 0 aromatic rings. The highest BCUT2D eigenvalue weighted by Gasteiger charge is 2.23. The normalized spacial score (nSPS) is 10.2. The topological polar surface area (TPSA) is 113 Å². The highest BCUT2D eigenvalue weighted by molar-refractivity contribution is 5.75. The van der Waals surface area contributed by atoms with E-state index in [1.807, 2.05) is 0 Å². The molecular formula is C4H11MgNO5. The van der Waals surface area contributed by atoms with Gasteiger partial charge in [0, 0.05) is 0 Å². The standard InChI is InChI=1S/C4H9NO5.Mg.2H/c5-2-10-3(6)1-4(7,8)9;;;/h7-9H,1-2,5H2;;;. The summed E-state index contributed by atoms with van der Waals surface area (Å²) in [6.07, 6.45) is -0.913. The molecule has 0 aromatic carbocycles. The summed E-state index contributed by atoms with van der Waals surface area (Å²) in [6, 6.07) is 0. The van der Waals surface area contributed by atoms with Crippen LogP contribution < -0.4 is 5.73 Å². The third kappa shape index (κ3) is 10.1. The van der Waals surface area contributed by atoms with Crippen LogP contribution in [0.5, 0.6) is 0 Å². The third-order valence-corrected chi connectivity index (χ3v) is 0.626. The Bertz CT molecular complexity index is 122. The van der Waals surface area contributed by atoms with Gasteiger partial charge in [0.25, 0.3) is 5.97 Å². The van der Waals surface area contributed by atoms with Crippen LogP contribution in [0.4, 0.5) is 0 Å². The molecule has 6 nitrogen and oxygen atoms in total. The number of hydrogen-bond donors (Lipinski definition) is 4. The van der Waals surface area contributed by atoms with Crippen LogP contribution in [-0.2, 0) is 9.53 Å². The summed E-state index contributed by atoms with van der Waals surface area (Å²) in [5.74, 6) is -3.98. The van der Waals surface area contributed by atoms with Crippen molar-refractivity contribution >= 4 is 29.0 Å². The number of nitrogens with two attached hydrogens (primary N) is 1. The molecule has 0 bridgehead atoms. The average Bonchev–Trinajstić information content (AvgIpc) is 1.59. The van der Waals surface area contributed by atoms with E-state index in [9.17, 15) is 4.79 Å². The van der Waals surface area contributed by atoms with E-state index in [1.165, 1.54) is 0 Å². The molecule has 0 amide bonds. The van der Waals surface area contributed by atoms with Gasteiger partial charge in [-0.05, 0) is 0 Å². The van der Waals surface area contributed by atoms with Gasteiger partial charge in [0.05, 0.1) is 0 Å². The Hall–Kier alpha value is 0.0762. The maximum absolute atomic E-state index is 10.3. The summed E-state index contributed by atoms with van der Waals surface area (Å²) in [4.78, 5) is 10.3.